The van der Waals surface area contributed by atoms with Gasteiger partial charge in [-0.15, -0.1) is 0 Å². The molecule has 31 heavy (non-hydrogen) atoms. The van der Waals surface area contributed by atoms with E-state index in [-0.39, 0.29) is 47.0 Å². The molecule has 170 valence electrons. The molecule has 0 spiro atoms. The van der Waals surface area contributed by atoms with Gasteiger partial charge in [-0.1, -0.05) is 13.3 Å². The lowest BCUT2D eigenvalue weighted by molar-refractivity contribution is -0.182. The van der Waals surface area contributed by atoms with Crippen LogP contribution in [0.3, 0.4) is 0 Å². The monoisotopic (exact) mass is 430 g/mol. The summed E-state index contributed by atoms with van der Waals surface area (Å²) in [6, 6.07) is 0. The molecule has 5 rings (SSSR count). The zero-order chi connectivity index (χ0) is 22.4. The summed E-state index contributed by atoms with van der Waals surface area (Å²) in [7, 11) is 0. The van der Waals surface area contributed by atoms with Gasteiger partial charge in [0.2, 0.25) is 0 Å². The summed E-state index contributed by atoms with van der Waals surface area (Å²) in [4.78, 5) is 24.2. The van der Waals surface area contributed by atoms with Crippen LogP contribution in [0, 0.1) is 22.7 Å². The molecule has 3 aliphatic heterocycles. The van der Waals surface area contributed by atoms with E-state index in [1.807, 2.05) is 19.9 Å². The van der Waals surface area contributed by atoms with Gasteiger partial charge in [-0.3, -0.25) is 4.79 Å². The van der Waals surface area contributed by atoms with E-state index in [1.54, 1.807) is 0 Å². The van der Waals surface area contributed by atoms with E-state index >= 15 is 0 Å². The van der Waals surface area contributed by atoms with Crippen LogP contribution < -0.4 is 0 Å². The lowest BCUT2D eigenvalue weighted by Crippen LogP contribution is -2.61. The van der Waals surface area contributed by atoms with Gasteiger partial charge in [0.1, 0.15) is 18.0 Å². The number of esters is 2. The van der Waals surface area contributed by atoms with Crippen LogP contribution >= 0.6 is 0 Å². The summed E-state index contributed by atoms with van der Waals surface area (Å²) in [5, 5.41) is 11.5. The standard InChI is InChI=1S/C25H34O6/c1-14-11-19(26)29-15(14)12-18-25(5,31-18)10-7-17-22(2)8-6-9-23(3)20(22)16(30-21(23)27)13-24(17,4)28/h11-12,16-18,20,28H,6-10,13H2,1-5H3/t16-,17+,18+,20+,22+,23+,24+,25-/m0/s1. The number of hydrogen-bond donors (Lipinski definition) is 1. The highest BCUT2D eigenvalue weighted by molar-refractivity contribution is 5.88. The molecule has 2 saturated heterocycles. The van der Waals surface area contributed by atoms with Crippen LogP contribution in [-0.4, -0.2) is 40.5 Å². The van der Waals surface area contributed by atoms with Gasteiger partial charge in [0.05, 0.1) is 16.6 Å². The quantitative estimate of drug-likeness (QED) is 0.539. The molecule has 2 aliphatic carbocycles. The highest BCUT2D eigenvalue weighted by atomic mass is 16.6. The van der Waals surface area contributed by atoms with Gasteiger partial charge in [0.15, 0.2) is 0 Å². The molecule has 0 radical (unpaired) electrons. The smallest absolute Gasteiger partial charge is 0.336 e. The minimum atomic E-state index is -0.891. The SMILES string of the molecule is CC1=CC(=O)OC1=C[C@H]1O[C@@]1(C)CC[C@@H]1[C@@]2(C)CCC[C@@]3(C)C(=O)O[C@@H](C[C@@]1(C)O)[C@H]23. The van der Waals surface area contributed by atoms with Crippen molar-refractivity contribution in [2.75, 3.05) is 0 Å². The van der Waals surface area contributed by atoms with Crippen LogP contribution in [0.1, 0.15) is 73.1 Å². The summed E-state index contributed by atoms with van der Waals surface area (Å²) in [6.07, 6.45) is 8.10. The van der Waals surface area contributed by atoms with Gasteiger partial charge in [0.25, 0.3) is 0 Å². The van der Waals surface area contributed by atoms with Crippen molar-refractivity contribution in [3.05, 3.63) is 23.5 Å². The van der Waals surface area contributed by atoms with Crippen molar-refractivity contribution in [1.29, 1.82) is 0 Å². The fourth-order valence-electron chi connectivity index (χ4n) is 7.60. The van der Waals surface area contributed by atoms with Crippen LogP contribution in [-0.2, 0) is 23.8 Å². The number of ether oxygens (including phenoxy) is 3. The van der Waals surface area contributed by atoms with E-state index in [4.69, 9.17) is 14.2 Å². The van der Waals surface area contributed by atoms with E-state index in [9.17, 15) is 14.7 Å². The molecule has 6 nitrogen and oxygen atoms in total. The maximum atomic E-state index is 12.7. The Hall–Kier alpha value is -1.66. The van der Waals surface area contributed by atoms with Crippen molar-refractivity contribution < 1.29 is 28.9 Å². The van der Waals surface area contributed by atoms with Crippen molar-refractivity contribution in [2.45, 2.75) is 96.6 Å². The van der Waals surface area contributed by atoms with Gasteiger partial charge in [-0.25, -0.2) is 4.79 Å². The first kappa shape index (κ1) is 21.2. The number of rotatable bonds is 4. The number of carbonyl (C=O) groups excluding carboxylic acids is 2. The number of hydrogen-bond acceptors (Lipinski definition) is 6. The number of aliphatic hydroxyl groups is 1. The second-order valence-electron chi connectivity index (χ2n) is 11.5. The molecule has 0 unspecified atom stereocenters. The fourth-order valence-corrected chi connectivity index (χ4v) is 7.60. The average Bonchev–Trinajstić information content (AvgIpc) is 3.03. The minimum Gasteiger partial charge on any atom is -0.461 e. The molecular formula is C25H34O6. The Bertz CT molecular complexity index is 902. The molecule has 4 fully saturated rings. The average molecular weight is 431 g/mol. The van der Waals surface area contributed by atoms with Crippen LogP contribution in [0.25, 0.3) is 0 Å². The van der Waals surface area contributed by atoms with E-state index in [1.165, 1.54) is 6.08 Å². The van der Waals surface area contributed by atoms with Crippen molar-refractivity contribution in [3.8, 4) is 0 Å². The highest BCUT2D eigenvalue weighted by Crippen LogP contribution is 2.66. The van der Waals surface area contributed by atoms with Crippen molar-refractivity contribution >= 4 is 11.9 Å². The molecular weight excluding hydrogens is 396 g/mol. The molecule has 3 heterocycles. The summed E-state index contributed by atoms with van der Waals surface area (Å²) >= 11 is 0. The summed E-state index contributed by atoms with van der Waals surface area (Å²) in [6.45, 7) is 10.2. The minimum absolute atomic E-state index is 0.0654. The molecule has 2 saturated carbocycles. The zero-order valence-electron chi connectivity index (χ0n) is 19.2. The Balaban J connectivity index is 1.35. The third kappa shape index (κ3) is 3.05. The van der Waals surface area contributed by atoms with E-state index in [0.717, 1.165) is 37.7 Å². The Kier molecular flexibility index (Phi) is 4.41. The van der Waals surface area contributed by atoms with Gasteiger partial charge >= 0.3 is 11.9 Å². The van der Waals surface area contributed by atoms with Gasteiger partial charge in [-0.2, -0.15) is 0 Å². The molecule has 0 aromatic heterocycles. The molecule has 1 N–H and O–H groups in total. The molecule has 0 amide bonds. The molecule has 8 atom stereocenters. The van der Waals surface area contributed by atoms with Crippen molar-refractivity contribution in [3.63, 3.8) is 0 Å². The van der Waals surface area contributed by atoms with Gasteiger partial charge < -0.3 is 19.3 Å². The third-order valence-electron chi connectivity index (χ3n) is 9.17. The number of cyclic esters (lactones) is 1. The number of epoxide rings is 1. The van der Waals surface area contributed by atoms with Crippen LogP contribution in [0.15, 0.2) is 23.5 Å². The van der Waals surface area contributed by atoms with E-state index in [2.05, 4.69) is 20.8 Å². The highest BCUT2D eigenvalue weighted by Gasteiger charge is 2.69. The Morgan fingerprint density at radius 1 is 1.19 bits per heavy atom. The molecule has 0 aromatic carbocycles. The maximum absolute atomic E-state index is 12.7. The molecule has 5 aliphatic rings. The predicted molar refractivity (Wildman–Crippen MR) is 113 cm³/mol. The van der Waals surface area contributed by atoms with Crippen molar-refractivity contribution in [2.24, 2.45) is 22.7 Å². The topological polar surface area (TPSA) is 85.4 Å². The first-order valence-electron chi connectivity index (χ1n) is 11.6. The maximum Gasteiger partial charge on any atom is 0.336 e. The third-order valence-corrected chi connectivity index (χ3v) is 9.17. The van der Waals surface area contributed by atoms with E-state index in [0.29, 0.717) is 12.2 Å². The van der Waals surface area contributed by atoms with Gasteiger partial charge in [0, 0.05) is 18.4 Å². The second kappa shape index (κ2) is 6.44. The van der Waals surface area contributed by atoms with Crippen LogP contribution in [0.5, 0.6) is 0 Å². The Labute approximate surface area is 184 Å². The normalized spacial score (nSPS) is 51.9. The summed E-state index contributed by atoms with van der Waals surface area (Å²) < 4.78 is 17.1. The second-order valence-corrected chi connectivity index (χ2v) is 11.5. The first-order valence-corrected chi connectivity index (χ1v) is 11.6. The number of allylic oxidation sites excluding steroid dienone is 1. The Morgan fingerprint density at radius 2 is 1.94 bits per heavy atom. The summed E-state index contributed by atoms with van der Waals surface area (Å²) in [5.41, 5.74) is -0.978. The summed E-state index contributed by atoms with van der Waals surface area (Å²) in [5.74, 6) is 0.394. The van der Waals surface area contributed by atoms with Crippen LogP contribution in [0.4, 0.5) is 0 Å². The first-order chi connectivity index (χ1) is 14.4. The van der Waals surface area contributed by atoms with Crippen molar-refractivity contribution in [1.82, 2.24) is 0 Å². The lowest BCUT2D eigenvalue weighted by Gasteiger charge is -2.59. The van der Waals surface area contributed by atoms with E-state index < -0.39 is 11.0 Å². The molecule has 6 heteroatoms. The molecule has 0 bridgehead atoms. The van der Waals surface area contributed by atoms with Crippen LogP contribution in [0.2, 0.25) is 0 Å². The lowest BCUT2D eigenvalue weighted by atomic mass is 9.44. The Morgan fingerprint density at radius 3 is 2.61 bits per heavy atom. The predicted octanol–water partition coefficient (Wildman–Crippen LogP) is 3.82. The molecule has 0 aromatic rings. The van der Waals surface area contributed by atoms with Gasteiger partial charge in [-0.05, 0) is 76.4 Å². The number of carbonyl (C=O) groups is 2. The largest absolute Gasteiger partial charge is 0.461 e. The fraction of sp³-hybridized carbons (Fsp3) is 0.760. The zero-order valence-corrected chi connectivity index (χ0v) is 19.2.